The molecule has 0 atom stereocenters. The maximum atomic E-state index is 11.9. The molecule has 0 aromatic heterocycles. The van der Waals surface area contributed by atoms with Gasteiger partial charge in [-0.3, -0.25) is 4.79 Å². The number of carbonyl (C=O) groups is 1. The Morgan fingerprint density at radius 1 is 1.16 bits per heavy atom. The number of ether oxygens (including phenoxy) is 1. The predicted octanol–water partition coefficient (Wildman–Crippen LogP) is 3.28. The Balaban J connectivity index is 2.09. The number of methoxy groups -OCH3 is 1. The van der Waals surface area contributed by atoms with Crippen molar-refractivity contribution < 1.29 is 9.53 Å². The van der Waals surface area contributed by atoms with Gasteiger partial charge in [0.1, 0.15) is 5.75 Å². The van der Waals surface area contributed by atoms with Gasteiger partial charge in [0.2, 0.25) is 0 Å². The molecule has 0 aliphatic rings. The molecule has 3 nitrogen and oxygen atoms in total. The van der Waals surface area contributed by atoms with Crippen LogP contribution in [0, 0.1) is 0 Å². The van der Waals surface area contributed by atoms with Gasteiger partial charge in [-0.1, -0.05) is 35.9 Å². The standard InChI is InChI=1S/C15H14ClNO2/c1-19-14-9-5-8-13(16)12(14)10-17-15(18)11-6-3-2-4-7-11/h2-9H,10H2,1H3,(H,17,18). The molecule has 1 amide bonds. The normalized spacial score (nSPS) is 10.0. The Morgan fingerprint density at radius 2 is 1.89 bits per heavy atom. The maximum absolute atomic E-state index is 11.9. The third-order valence-electron chi connectivity index (χ3n) is 2.76. The van der Waals surface area contributed by atoms with Crippen LogP contribution in [0.3, 0.4) is 0 Å². The molecular formula is C15H14ClNO2. The zero-order valence-electron chi connectivity index (χ0n) is 10.5. The molecule has 0 saturated carbocycles. The lowest BCUT2D eigenvalue weighted by Gasteiger charge is -2.11. The van der Waals surface area contributed by atoms with Gasteiger partial charge >= 0.3 is 0 Å². The number of carbonyl (C=O) groups excluding carboxylic acids is 1. The number of amides is 1. The third kappa shape index (κ3) is 3.26. The molecule has 0 aliphatic carbocycles. The van der Waals surface area contributed by atoms with Crippen molar-refractivity contribution in [2.24, 2.45) is 0 Å². The van der Waals surface area contributed by atoms with Crippen molar-refractivity contribution in [3.63, 3.8) is 0 Å². The fourth-order valence-corrected chi connectivity index (χ4v) is 1.99. The molecule has 19 heavy (non-hydrogen) atoms. The summed E-state index contributed by atoms with van der Waals surface area (Å²) in [5, 5.41) is 3.40. The van der Waals surface area contributed by atoms with E-state index in [-0.39, 0.29) is 5.91 Å². The molecule has 0 fully saturated rings. The van der Waals surface area contributed by atoms with E-state index in [1.807, 2.05) is 30.3 Å². The van der Waals surface area contributed by atoms with Crippen LogP contribution in [-0.4, -0.2) is 13.0 Å². The molecule has 0 heterocycles. The average molecular weight is 276 g/mol. The topological polar surface area (TPSA) is 38.3 Å². The Kier molecular flexibility index (Phi) is 4.42. The second-order valence-corrected chi connectivity index (χ2v) is 4.38. The van der Waals surface area contributed by atoms with E-state index in [0.29, 0.717) is 22.9 Å². The van der Waals surface area contributed by atoms with Crippen molar-refractivity contribution in [3.8, 4) is 5.75 Å². The minimum Gasteiger partial charge on any atom is -0.496 e. The van der Waals surface area contributed by atoms with Crippen molar-refractivity contribution in [2.45, 2.75) is 6.54 Å². The van der Waals surface area contributed by atoms with Gasteiger partial charge in [0.25, 0.3) is 5.91 Å². The lowest BCUT2D eigenvalue weighted by Crippen LogP contribution is -2.23. The summed E-state index contributed by atoms with van der Waals surface area (Å²) < 4.78 is 5.23. The Hall–Kier alpha value is -2.00. The fraction of sp³-hybridized carbons (Fsp3) is 0.133. The van der Waals surface area contributed by atoms with E-state index in [2.05, 4.69) is 5.32 Å². The van der Waals surface area contributed by atoms with Crippen molar-refractivity contribution >= 4 is 17.5 Å². The van der Waals surface area contributed by atoms with Crippen LogP contribution in [0.1, 0.15) is 15.9 Å². The highest BCUT2D eigenvalue weighted by Gasteiger charge is 2.10. The molecule has 0 bridgehead atoms. The van der Waals surface area contributed by atoms with E-state index in [1.54, 1.807) is 25.3 Å². The highest BCUT2D eigenvalue weighted by atomic mass is 35.5. The zero-order chi connectivity index (χ0) is 13.7. The zero-order valence-corrected chi connectivity index (χ0v) is 11.3. The van der Waals surface area contributed by atoms with E-state index in [0.717, 1.165) is 5.56 Å². The SMILES string of the molecule is COc1cccc(Cl)c1CNC(=O)c1ccccc1. The second kappa shape index (κ2) is 6.25. The number of hydrogen-bond donors (Lipinski definition) is 1. The summed E-state index contributed by atoms with van der Waals surface area (Å²) in [6, 6.07) is 14.4. The van der Waals surface area contributed by atoms with Crippen LogP contribution in [0.5, 0.6) is 5.75 Å². The molecule has 0 aliphatic heterocycles. The number of rotatable bonds is 4. The van der Waals surface area contributed by atoms with Gasteiger partial charge in [-0.15, -0.1) is 0 Å². The molecule has 98 valence electrons. The molecule has 0 spiro atoms. The molecule has 0 saturated heterocycles. The highest BCUT2D eigenvalue weighted by Crippen LogP contribution is 2.25. The lowest BCUT2D eigenvalue weighted by atomic mass is 10.1. The summed E-state index contributed by atoms with van der Waals surface area (Å²) in [6.45, 7) is 0.330. The molecule has 4 heteroatoms. The van der Waals surface area contributed by atoms with Gasteiger partial charge in [0.15, 0.2) is 0 Å². The molecule has 2 aromatic rings. The van der Waals surface area contributed by atoms with E-state index >= 15 is 0 Å². The molecule has 0 unspecified atom stereocenters. The summed E-state index contributed by atoms with van der Waals surface area (Å²) in [5.74, 6) is 0.531. The Bertz CT molecular complexity index is 570. The predicted molar refractivity (Wildman–Crippen MR) is 75.6 cm³/mol. The first kappa shape index (κ1) is 13.4. The van der Waals surface area contributed by atoms with Crippen LogP contribution in [0.25, 0.3) is 0 Å². The van der Waals surface area contributed by atoms with Crippen LogP contribution < -0.4 is 10.1 Å². The average Bonchev–Trinajstić information content (AvgIpc) is 2.46. The number of nitrogens with one attached hydrogen (secondary N) is 1. The van der Waals surface area contributed by atoms with E-state index in [4.69, 9.17) is 16.3 Å². The van der Waals surface area contributed by atoms with Crippen LogP contribution in [0.4, 0.5) is 0 Å². The monoisotopic (exact) mass is 275 g/mol. The summed E-state index contributed by atoms with van der Waals surface area (Å²) in [6.07, 6.45) is 0. The van der Waals surface area contributed by atoms with E-state index < -0.39 is 0 Å². The number of hydrogen-bond acceptors (Lipinski definition) is 2. The van der Waals surface area contributed by atoms with Gasteiger partial charge in [0.05, 0.1) is 7.11 Å². The van der Waals surface area contributed by atoms with Gasteiger partial charge < -0.3 is 10.1 Å². The molecule has 2 aromatic carbocycles. The third-order valence-corrected chi connectivity index (χ3v) is 3.11. The van der Waals surface area contributed by atoms with Gasteiger partial charge in [0, 0.05) is 22.7 Å². The Labute approximate surface area is 117 Å². The fourth-order valence-electron chi connectivity index (χ4n) is 1.76. The van der Waals surface area contributed by atoms with Crippen molar-refractivity contribution in [1.82, 2.24) is 5.32 Å². The van der Waals surface area contributed by atoms with Crippen molar-refractivity contribution in [1.29, 1.82) is 0 Å². The van der Waals surface area contributed by atoms with Crippen LogP contribution in [-0.2, 0) is 6.54 Å². The number of halogens is 1. The van der Waals surface area contributed by atoms with Gasteiger partial charge in [-0.05, 0) is 24.3 Å². The quantitative estimate of drug-likeness (QED) is 0.930. The molecule has 2 rings (SSSR count). The molecule has 0 radical (unpaired) electrons. The second-order valence-electron chi connectivity index (χ2n) is 3.97. The number of benzene rings is 2. The Morgan fingerprint density at radius 3 is 2.58 bits per heavy atom. The summed E-state index contributed by atoms with van der Waals surface area (Å²) in [5.41, 5.74) is 1.39. The van der Waals surface area contributed by atoms with E-state index in [9.17, 15) is 4.79 Å². The minimum absolute atomic E-state index is 0.137. The largest absolute Gasteiger partial charge is 0.496 e. The minimum atomic E-state index is -0.137. The molecular weight excluding hydrogens is 262 g/mol. The van der Waals surface area contributed by atoms with Crippen molar-refractivity contribution in [2.75, 3.05) is 7.11 Å². The van der Waals surface area contributed by atoms with Crippen molar-refractivity contribution in [3.05, 3.63) is 64.7 Å². The summed E-state index contributed by atoms with van der Waals surface area (Å²) in [4.78, 5) is 11.9. The molecule has 1 N–H and O–H groups in total. The van der Waals surface area contributed by atoms with E-state index in [1.165, 1.54) is 0 Å². The first-order valence-corrected chi connectivity index (χ1v) is 6.25. The van der Waals surface area contributed by atoms with Crippen LogP contribution in [0.15, 0.2) is 48.5 Å². The maximum Gasteiger partial charge on any atom is 0.251 e. The lowest BCUT2D eigenvalue weighted by molar-refractivity contribution is 0.0950. The van der Waals surface area contributed by atoms with Crippen LogP contribution >= 0.6 is 11.6 Å². The smallest absolute Gasteiger partial charge is 0.251 e. The first-order valence-electron chi connectivity index (χ1n) is 5.87. The highest BCUT2D eigenvalue weighted by molar-refractivity contribution is 6.31. The summed E-state index contributed by atoms with van der Waals surface area (Å²) >= 11 is 6.11. The van der Waals surface area contributed by atoms with Crippen LogP contribution in [0.2, 0.25) is 5.02 Å². The summed E-state index contributed by atoms with van der Waals surface area (Å²) in [7, 11) is 1.58. The first-order chi connectivity index (χ1) is 9.22. The van der Waals surface area contributed by atoms with Gasteiger partial charge in [-0.2, -0.15) is 0 Å². The van der Waals surface area contributed by atoms with Gasteiger partial charge in [-0.25, -0.2) is 0 Å².